The molecule has 3 aromatic rings. The standard InChI is InChI=1S/C12H12N4OS/c1-8(2)11-13-14-12-16(11)15-10(18-12)6-5-9-4-3-7-17-9/h3-8H,1-2H3. The van der Waals surface area contributed by atoms with Gasteiger partial charge in [0, 0.05) is 5.92 Å². The van der Waals surface area contributed by atoms with Gasteiger partial charge in [0.1, 0.15) is 10.8 Å². The monoisotopic (exact) mass is 260 g/mol. The minimum absolute atomic E-state index is 0.309. The van der Waals surface area contributed by atoms with Crippen molar-refractivity contribution in [2.24, 2.45) is 0 Å². The molecule has 0 aliphatic carbocycles. The highest BCUT2D eigenvalue weighted by Gasteiger charge is 2.12. The van der Waals surface area contributed by atoms with Gasteiger partial charge in [0.25, 0.3) is 0 Å². The first kappa shape index (κ1) is 11.2. The van der Waals surface area contributed by atoms with Crippen LogP contribution in [0.3, 0.4) is 0 Å². The summed E-state index contributed by atoms with van der Waals surface area (Å²) in [6.45, 7) is 4.16. The molecule has 0 aromatic carbocycles. The molecule has 0 N–H and O–H groups in total. The Bertz CT molecular complexity index is 678. The first-order chi connectivity index (χ1) is 8.74. The van der Waals surface area contributed by atoms with Gasteiger partial charge in [0.15, 0.2) is 5.82 Å². The third kappa shape index (κ3) is 1.95. The van der Waals surface area contributed by atoms with Crippen LogP contribution in [-0.2, 0) is 0 Å². The molecule has 3 aromatic heterocycles. The van der Waals surface area contributed by atoms with Crippen LogP contribution in [0.1, 0.15) is 36.4 Å². The van der Waals surface area contributed by atoms with Gasteiger partial charge >= 0.3 is 0 Å². The zero-order valence-corrected chi connectivity index (χ0v) is 10.9. The summed E-state index contributed by atoms with van der Waals surface area (Å²) in [6, 6.07) is 3.76. The van der Waals surface area contributed by atoms with Gasteiger partial charge in [0.2, 0.25) is 4.96 Å². The zero-order valence-electron chi connectivity index (χ0n) is 10.1. The second-order valence-corrected chi connectivity index (χ2v) is 5.18. The molecule has 0 unspecified atom stereocenters. The summed E-state index contributed by atoms with van der Waals surface area (Å²) >= 11 is 1.51. The van der Waals surface area contributed by atoms with Crippen molar-refractivity contribution in [1.82, 2.24) is 19.8 Å². The van der Waals surface area contributed by atoms with E-state index in [1.54, 1.807) is 10.8 Å². The molecule has 0 atom stereocenters. The molecule has 92 valence electrons. The molecule has 0 saturated carbocycles. The Morgan fingerprint density at radius 2 is 2.22 bits per heavy atom. The normalized spacial score (nSPS) is 12.2. The highest BCUT2D eigenvalue weighted by molar-refractivity contribution is 7.17. The highest BCUT2D eigenvalue weighted by Crippen LogP contribution is 2.20. The number of furan rings is 1. The molecule has 0 bridgehead atoms. The molecule has 0 aliphatic heterocycles. The molecule has 0 fully saturated rings. The van der Waals surface area contributed by atoms with Gasteiger partial charge in [0.05, 0.1) is 6.26 Å². The largest absolute Gasteiger partial charge is 0.465 e. The predicted octanol–water partition coefficient (Wildman–Crippen LogP) is 3.07. The number of hydrogen-bond donors (Lipinski definition) is 0. The lowest BCUT2D eigenvalue weighted by Crippen LogP contribution is -1.97. The molecular formula is C12H12N4OS. The van der Waals surface area contributed by atoms with E-state index < -0.39 is 0 Å². The first-order valence-corrected chi connectivity index (χ1v) is 6.49. The molecule has 0 spiro atoms. The Morgan fingerprint density at radius 3 is 2.94 bits per heavy atom. The summed E-state index contributed by atoms with van der Waals surface area (Å²) in [5.74, 6) is 2.01. The lowest BCUT2D eigenvalue weighted by Gasteiger charge is -1.96. The number of fused-ring (bicyclic) bond motifs is 1. The molecule has 18 heavy (non-hydrogen) atoms. The van der Waals surface area contributed by atoms with Crippen molar-refractivity contribution in [2.75, 3.05) is 0 Å². The molecule has 3 heterocycles. The maximum absolute atomic E-state index is 5.23. The van der Waals surface area contributed by atoms with E-state index in [-0.39, 0.29) is 0 Å². The third-order valence-electron chi connectivity index (χ3n) is 2.48. The van der Waals surface area contributed by atoms with Crippen LogP contribution in [0.4, 0.5) is 0 Å². The molecule has 0 radical (unpaired) electrons. The molecular weight excluding hydrogens is 248 g/mol. The third-order valence-corrected chi connectivity index (χ3v) is 3.34. The molecule has 0 aliphatic rings. The maximum atomic E-state index is 5.23. The number of rotatable bonds is 3. The Kier molecular flexibility index (Phi) is 2.71. The summed E-state index contributed by atoms with van der Waals surface area (Å²) in [5, 5.41) is 13.6. The summed E-state index contributed by atoms with van der Waals surface area (Å²) in [5.41, 5.74) is 0. The molecule has 6 heteroatoms. The van der Waals surface area contributed by atoms with Gasteiger partial charge in [-0.25, -0.2) is 0 Å². The average molecular weight is 260 g/mol. The van der Waals surface area contributed by atoms with Gasteiger partial charge in [-0.05, 0) is 24.3 Å². The minimum atomic E-state index is 0.309. The number of aromatic nitrogens is 4. The van der Waals surface area contributed by atoms with Crippen molar-refractivity contribution in [2.45, 2.75) is 19.8 Å². The van der Waals surface area contributed by atoms with Gasteiger partial charge in [-0.15, -0.1) is 10.2 Å². The van der Waals surface area contributed by atoms with E-state index in [1.807, 2.05) is 24.3 Å². The van der Waals surface area contributed by atoms with E-state index in [2.05, 4.69) is 29.1 Å². The van der Waals surface area contributed by atoms with E-state index >= 15 is 0 Å². The van der Waals surface area contributed by atoms with Crippen LogP contribution in [0.25, 0.3) is 17.1 Å². The Labute approximate surface area is 108 Å². The second-order valence-electron chi connectivity index (χ2n) is 4.20. The fraction of sp³-hybridized carbons (Fsp3) is 0.250. The quantitative estimate of drug-likeness (QED) is 0.726. The van der Waals surface area contributed by atoms with Gasteiger partial charge in [-0.2, -0.15) is 9.61 Å². The van der Waals surface area contributed by atoms with Crippen molar-refractivity contribution < 1.29 is 4.42 Å². The second kappa shape index (κ2) is 4.38. The summed E-state index contributed by atoms with van der Waals surface area (Å²) in [4.78, 5) is 0.817. The number of nitrogens with zero attached hydrogens (tertiary/aromatic N) is 4. The van der Waals surface area contributed by atoms with Crippen molar-refractivity contribution >= 4 is 28.4 Å². The van der Waals surface area contributed by atoms with E-state index in [1.165, 1.54) is 11.3 Å². The van der Waals surface area contributed by atoms with Gasteiger partial charge in [-0.3, -0.25) is 0 Å². The van der Waals surface area contributed by atoms with Gasteiger partial charge in [-0.1, -0.05) is 25.2 Å². The van der Waals surface area contributed by atoms with E-state index in [4.69, 9.17) is 4.42 Å². The lowest BCUT2D eigenvalue weighted by molar-refractivity contribution is 0.557. The van der Waals surface area contributed by atoms with Crippen LogP contribution in [0.5, 0.6) is 0 Å². The SMILES string of the molecule is CC(C)c1nnc2sc(C=Cc3ccco3)nn12. The topological polar surface area (TPSA) is 56.2 Å². The van der Waals surface area contributed by atoms with Crippen molar-refractivity contribution in [3.63, 3.8) is 0 Å². The highest BCUT2D eigenvalue weighted by atomic mass is 32.1. The van der Waals surface area contributed by atoms with Crippen LogP contribution in [0.2, 0.25) is 0 Å². The fourth-order valence-corrected chi connectivity index (χ4v) is 2.36. The summed E-state index contributed by atoms with van der Waals surface area (Å²) in [6.07, 6.45) is 5.46. The molecule has 0 saturated heterocycles. The van der Waals surface area contributed by atoms with E-state index in [0.717, 1.165) is 21.6 Å². The first-order valence-electron chi connectivity index (χ1n) is 5.68. The lowest BCUT2D eigenvalue weighted by atomic mass is 10.2. The van der Waals surface area contributed by atoms with Crippen LogP contribution >= 0.6 is 11.3 Å². The zero-order chi connectivity index (χ0) is 12.5. The van der Waals surface area contributed by atoms with Crippen LogP contribution < -0.4 is 0 Å². The average Bonchev–Trinajstić information content (AvgIpc) is 3.02. The van der Waals surface area contributed by atoms with E-state index in [9.17, 15) is 0 Å². The van der Waals surface area contributed by atoms with Crippen LogP contribution in [0, 0.1) is 0 Å². The summed E-state index contributed by atoms with van der Waals surface area (Å²) < 4.78 is 7.03. The molecule has 0 amide bonds. The fourth-order valence-electron chi connectivity index (χ4n) is 1.61. The Morgan fingerprint density at radius 1 is 1.33 bits per heavy atom. The minimum Gasteiger partial charge on any atom is -0.465 e. The Balaban J connectivity index is 1.94. The van der Waals surface area contributed by atoms with E-state index in [0.29, 0.717) is 5.92 Å². The van der Waals surface area contributed by atoms with Gasteiger partial charge < -0.3 is 4.42 Å². The smallest absolute Gasteiger partial charge is 0.234 e. The number of hydrogen-bond acceptors (Lipinski definition) is 5. The summed E-state index contributed by atoms with van der Waals surface area (Å²) in [7, 11) is 0. The molecule has 5 nitrogen and oxygen atoms in total. The maximum Gasteiger partial charge on any atom is 0.234 e. The predicted molar refractivity (Wildman–Crippen MR) is 70.4 cm³/mol. The van der Waals surface area contributed by atoms with Crippen LogP contribution in [0.15, 0.2) is 22.8 Å². The van der Waals surface area contributed by atoms with Crippen molar-refractivity contribution in [1.29, 1.82) is 0 Å². The van der Waals surface area contributed by atoms with Crippen LogP contribution in [-0.4, -0.2) is 19.8 Å². The van der Waals surface area contributed by atoms with Crippen molar-refractivity contribution in [3.8, 4) is 0 Å². The Hall–Kier alpha value is -1.95. The molecule has 3 rings (SSSR count). The van der Waals surface area contributed by atoms with Crippen molar-refractivity contribution in [3.05, 3.63) is 35.0 Å².